The van der Waals surface area contributed by atoms with Crippen LogP contribution in [0.4, 0.5) is 5.69 Å². The van der Waals surface area contributed by atoms with Gasteiger partial charge in [0.15, 0.2) is 0 Å². The van der Waals surface area contributed by atoms with Gasteiger partial charge in [0, 0.05) is 5.56 Å². The molecule has 2 aromatic rings. The lowest BCUT2D eigenvalue weighted by Gasteiger charge is -2.21. The molecular weight excluding hydrogens is 226 g/mol. The van der Waals surface area contributed by atoms with Crippen molar-refractivity contribution in [1.82, 2.24) is 0 Å². The summed E-state index contributed by atoms with van der Waals surface area (Å²) in [5.74, 6) is -0.219. The summed E-state index contributed by atoms with van der Waals surface area (Å²) in [6.45, 7) is 2.27. The first-order valence-electron chi connectivity index (χ1n) is 5.82. The molecule has 0 aliphatic heterocycles. The highest BCUT2D eigenvalue weighted by atomic mass is 16.7. The van der Waals surface area contributed by atoms with E-state index < -0.39 is 0 Å². The number of benzene rings is 2. The summed E-state index contributed by atoms with van der Waals surface area (Å²) in [6, 6.07) is 19.2. The fourth-order valence-corrected chi connectivity index (χ4v) is 1.58. The summed E-state index contributed by atoms with van der Waals surface area (Å²) in [5.41, 5.74) is 1.19. The van der Waals surface area contributed by atoms with E-state index in [1.165, 1.54) is 5.06 Å². The number of anilines is 1. The van der Waals surface area contributed by atoms with Crippen molar-refractivity contribution in [3.8, 4) is 0 Å². The predicted octanol–water partition coefficient (Wildman–Crippen LogP) is 3.09. The van der Waals surface area contributed by atoms with Crippen molar-refractivity contribution in [3.05, 3.63) is 66.2 Å². The van der Waals surface area contributed by atoms with Crippen LogP contribution in [0, 0.1) is 6.07 Å². The number of rotatable bonds is 4. The van der Waals surface area contributed by atoms with Crippen molar-refractivity contribution in [3.63, 3.8) is 0 Å². The highest BCUT2D eigenvalue weighted by Gasteiger charge is 2.17. The molecule has 18 heavy (non-hydrogen) atoms. The topological polar surface area (TPSA) is 29.5 Å². The highest BCUT2D eigenvalue weighted by Crippen LogP contribution is 2.16. The van der Waals surface area contributed by atoms with E-state index in [1.54, 1.807) is 18.2 Å². The first-order chi connectivity index (χ1) is 8.83. The molecule has 0 fully saturated rings. The van der Waals surface area contributed by atoms with Crippen LogP contribution in [-0.4, -0.2) is 12.5 Å². The molecule has 1 amide bonds. The third kappa shape index (κ3) is 2.76. The van der Waals surface area contributed by atoms with E-state index in [4.69, 9.17) is 4.84 Å². The normalized spacial score (nSPS) is 10.1. The molecule has 0 N–H and O–H groups in total. The van der Waals surface area contributed by atoms with Gasteiger partial charge in [0.25, 0.3) is 5.91 Å². The Morgan fingerprint density at radius 1 is 1.17 bits per heavy atom. The van der Waals surface area contributed by atoms with E-state index in [9.17, 15) is 4.79 Å². The predicted molar refractivity (Wildman–Crippen MR) is 70.2 cm³/mol. The first-order valence-corrected chi connectivity index (χ1v) is 5.82. The quantitative estimate of drug-likeness (QED) is 0.768. The molecule has 0 bridgehead atoms. The monoisotopic (exact) mass is 240 g/mol. The van der Waals surface area contributed by atoms with Crippen LogP contribution < -0.4 is 5.06 Å². The Morgan fingerprint density at radius 2 is 1.89 bits per heavy atom. The summed E-state index contributed by atoms with van der Waals surface area (Å²) in [6.07, 6.45) is 0. The Bertz CT molecular complexity index is 496. The van der Waals surface area contributed by atoms with E-state index >= 15 is 0 Å². The molecule has 2 aromatic carbocycles. The van der Waals surface area contributed by atoms with Crippen molar-refractivity contribution in [2.75, 3.05) is 11.7 Å². The maximum Gasteiger partial charge on any atom is 0.282 e. The Morgan fingerprint density at radius 3 is 2.50 bits per heavy atom. The van der Waals surface area contributed by atoms with Gasteiger partial charge >= 0.3 is 0 Å². The molecule has 0 heterocycles. The average molecular weight is 240 g/mol. The molecule has 3 nitrogen and oxygen atoms in total. The van der Waals surface area contributed by atoms with Gasteiger partial charge in [-0.05, 0) is 31.2 Å². The van der Waals surface area contributed by atoms with Crippen LogP contribution in [0.25, 0.3) is 0 Å². The molecule has 2 rings (SSSR count). The van der Waals surface area contributed by atoms with Crippen molar-refractivity contribution < 1.29 is 9.63 Å². The minimum atomic E-state index is -0.219. The van der Waals surface area contributed by atoms with Gasteiger partial charge in [-0.25, -0.2) is 0 Å². The number of para-hydroxylation sites is 1. The molecular formula is C15H14NO2. The maximum absolute atomic E-state index is 12.3. The second-order valence-corrected chi connectivity index (χ2v) is 3.63. The summed E-state index contributed by atoms with van der Waals surface area (Å²) >= 11 is 0. The summed E-state index contributed by atoms with van der Waals surface area (Å²) in [5, 5.41) is 1.30. The zero-order valence-electron chi connectivity index (χ0n) is 10.2. The summed E-state index contributed by atoms with van der Waals surface area (Å²) in [7, 11) is 0. The van der Waals surface area contributed by atoms with Crippen LogP contribution in [0.5, 0.6) is 0 Å². The Balaban J connectivity index is 2.29. The molecule has 1 radical (unpaired) electrons. The zero-order valence-corrected chi connectivity index (χ0v) is 10.2. The summed E-state index contributed by atoms with van der Waals surface area (Å²) in [4.78, 5) is 17.7. The lowest BCUT2D eigenvalue weighted by molar-refractivity contribution is 0.0679. The molecule has 0 unspecified atom stereocenters. The average Bonchev–Trinajstić information content (AvgIpc) is 2.46. The molecule has 0 saturated carbocycles. The van der Waals surface area contributed by atoms with E-state index in [0.717, 1.165) is 0 Å². The third-order valence-corrected chi connectivity index (χ3v) is 2.37. The largest absolute Gasteiger partial charge is 0.282 e. The number of carbonyl (C=O) groups is 1. The number of carbonyl (C=O) groups excluding carboxylic acids is 1. The van der Waals surface area contributed by atoms with Crippen molar-refractivity contribution in [2.45, 2.75) is 6.92 Å². The number of hydrogen-bond donors (Lipinski definition) is 0. The Labute approximate surface area is 107 Å². The van der Waals surface area contributed by atoms with Gasteiger partial charge in [-0.3, -0.25) is 9.63 Å². The van der Waals surface area contributed by atoms with E-state index in [2.05, 4.69) is 6.07 Å². The van der Waals surface area contributed by atoms with Crippen LogP contribution in [0.3, 0.4) is 0 Å². The lowest BCUT2D eigenvalue weighted by atomic mass is 10.2. The maximum atomic E-state index is 12.3. The van der Waals surface area contributed by atoms with Gasteiger partial charge in [-0.2, -0.15) is 5.06 Å². The summed E-state index contributed by atoms with van der Waals surface area (Å²) < 4.78 is 0. The van der Waals surface area contributed by atoms with Crippen LogP contribution >= 0.6 is 0 Å². The van der Waals surface area contributed by atoms with Gasteiger partial charge in [-0.15, -0.1) is 0 Å². The molecule has 0 atom stereocenters. The smallest absolute Gasteiger partial charge is 0.266 e. The minimum absolute atomic E-state index is 0.219. The van der Waals surface area contributed by atoms with Crippen molar-refractivity contribution in [2.24, 2.45) is 0 Å². The van der Waals surface area contributed by atoms with Gasteiger partial charge in [0.1, 0.15) is 0 Å². The first kappa shape index (κ1) is 12.3. The highest BCUT2D eigenvalue weighted by molar-refractivity contribution is 6.04. The second-order valence-electron chi connectivity index (χ2n) is 3.63. The lowest BCUT2D eigenvalue weighted by Crippen LogP contribution is -2.31. The standard InChI is InChI=1S/C15H14NO2/c1-2-18-16(14-11-7-4-8-12-14)15(17)13-9-5-3-6-10-13/h3-9,11-12H,2H2,1H3. The molecule has 91 valence electrons. The minimum Gasteiger partial charge on any atom is -0.266 e. The third-order valence-electron chi connectivity index (χ3n) is 2.37. The second kappa shape index (κ2) is 5.98. The molecule has 0 saturated heterocycles. The van der Waals surface area contributed by atoms with Gasteiger partial charge in [0.05, 0.1) is 12.3 Å². The number of hydrogen-bond acceptors (Lipinski definition) is 2. The molecule has 3 heteroatoms. The Kier molecular flexibility index (Phi) is 4.10. The van der Waals surface area contributed by atoms with Gasteiger partial charge in [-0.1, -0.05) is 36.4 Å². The van der Waals surface area contributed by atoms with Gasteiger partial charge in [0.2, 0.25) is 0 Å². The molecule has 0 aromatic heterocycles. The SMILES string of the molecule is CCON(C(=O)c1[c]cccc1)c1ccccc1. The Hall–Kier alpha value is -2.13. The van der Waals surface area contributed by atoms with Crippen LogP contribution in [0.2, 0.25) is 0 Å². The fourth-order valence-electron chi connectivity index (χ4n) is 1.58. The van der Waals surface area contributed by atoms with Crippen LogP contribution in [0.15, 0.2) is 54.6 Å². The van der Waals surface area contributed by atoms with Crippen molar-refractivity contribution in [1.29, 1.82) is 0 Å². The number of nitrogens with zero attached hydrogens (tertiary/aromatic N) is 1. The van der Waals surface area contributed by atoms with Crippen LogP contribution in [0.1, 0.15) is 17.3 Å². The zero-order chi connectivity index (χ0) is 12.8. The van der Waals surface area contributed by atoms with Gasteiger partial charge < -0.3 is 0 Å². The van der Waals surface area contributed by atoms with Crippen LogP contribution in [-0.2, 0) is 4.84 Å². The van der Waals surface area contributed by atoms with E-state index in [-0.39, 0.29) is 5.91 Å². The van der Waals surface area contributed by atoms with Crippen molar-refractivity contribution >= 4 is 11.6 Å². The number of amides is 1. The van der Waals surface area contributed by atoms with E-state index in [0.29, 0.717) is 17.9 Å². The molecule has 0 aliphatic rings. The molecule has 0 spiro atoms. The fraction of sp³-hybridized carbons (Fsp3) is 0.133. The molecule has 0 aliphatic carbocycles. The number of hydroxylamine groups is 1. The van der Waals surface area contributed by atoms with E-state index in [1.807, 2.05) is 43.3 Å².